The number of hydrogen-bond donors (Lipinski definition) is 2. The monoisotopic (exact) mass is 471 g/mol. The number of likely N-dealkylation sites (tertiary alicyclic amines) is 1. The molecule has 1 aliphatic heterocycles. The quantitative estimate of drug-likeness (QED) is 0.365. The fourth-order valence-corrected chi connectivity index (χ4v) is 5.10. The minimum absolute atomic E-state index is 0.199. The fourth-order valence-electron chi connectivity index (χ4n) is 5.10. The van der Waals surface area contributed by atoms with Crippen molar-refractivity contribution in [2.45, 2.75) is 58.5 Å². The molecule has 7 heteroatoms. The Kier molecular flexibility index (Phi) is 6.68. The van der Waals surface area contributed by atoms with Crippen LogP contribution in [-0.2, 0) is 19.5 Å². The van der Waals surface area contributed by atoms with Gasteiger partial charge in [-0.05, 0) is 61.7 Å². The average Bonchev–Trinajstić information content (AvgIpc) is 3.23. The van der Waals surface area contributed by atoms with E-state index in [0.717, 1.165) is 42.5 Å². The molecule has 0 saturated carbocycles. The maximum atomic E-state index is 11.5. The maximum absolute atomic E-state index is 11.5. The molecule has 182 valence electrons. The van der Waals surface area contributed by atoms with E-state index in [2.05, 4.69) is 45.6 Å². The van der Waals surface area contributed by atoms with Crippen molar-refractivity contribution in [1.29, 1.82) is 0 Å². The van der Waals surface area contributed by atoms with Crippen molar-refractivity contribution in [3.8, 4) is 0 Å². The van der Waals surface area contributed by atoms with Crippen molar-refractivity contribution >= 4 is 33.7 Å². The van der Waals surface area contributed by atoms with Crippen molar-refractivity contribution in [2.24, 2.45) is 0 Å². The molecule has 0 aliphatic carbocycles. The van der Waals surface area contributed by atoms with E-state index < -0.39 is 5.97 Å². The van der Waals surface area contributed by atoms with Crippen LogP contribution in [0.25, 0.3) is 21.9 Å². The minimum atomic E-state index is -0.978. The van der Waals surface area contributed by atoms with Crippen molar-refractivity contribution in [3.63, 3.8) is 0 Å². The Morgan fingerprint density at radius 2 is 1.71 bits per heavy atom. The van der Waals surface area contributed by atoms with Crippen LogP contribution in [0.2, 0.25) is 0 Å². The van der Waals surface area contributed by atoms with Gasteiger partial charge < -0.3 is 15.4 Å². The van der Waals surface area contributed by atoms with Crippen molar-refractivity contribution < 1.29 is 9.90 Å². The summed E-state index contributed by atoms with van der Waals surface area (Å²) in [4.78, 5) is 23.4. The van der Waals surface area contributed by atoms with Gasteiger partial charge in [-0.2, -0.15) is 0 Å². The van der Waals surface area contributed by atoms with Crippen LogP contribution in [0.15, 0.2) is 42.5 Å². The molecule has 5 rings (SSSR count). The van der Waals surface area contributed by atoms with Gasteiger partial charge in [0.15, 0.2) is 5.82 Å². The molecule has 0 spiro atoms. The Morgan fingerprint density at radius 3 is 2.40 bits per heavy atom. The molecule has 1 aliphatic rings. The Bertz CT molecular complexity index is 1350. The van der Waals surface area contributed by atoms with Gasteiger partial charge in [0.25, 0.3) is 0 Å². The number of benzene rings is 2. The van der Waals surface area contributed by atoms with Crippen LogP contribution in [0, 0.1) is 0 Å². The number of aromatic carboxylic acids is 1. The number of carboxylic acid groups (broad SMARTS) is 1. The molecular formula is C28H33N5O2. The summed E-state index contributed by atoms with van der Waals surface area (Å²) in [6.07, 6.45) is 6.91. The summed E-state index contributed by atoms with van der Waals surface area (Å²) in [7, 11) is 0. The molecule has 0 unspecified atom stereocenters. The molecule has 4 aromatic rings. The Labute approximate surface area is 205 Å². The van der Waals surface area contributed by atoms with Gasteiger partial charge in [0.2, 0.25) is 0 Å². The molecule has 0 bridgehead atoms. The van der Waals surface area contributed by atoms with E-state index in [1.165, 1.54) is 43.5 Å². The summed E-state index contributed by atoms with van der Waals surface area (Å²) in [5.41, 5.74) is 11.3. The lowest BCUT2D eigenvalue weighted by Crippen LogP contribution is -2.29. The summed E-state index contributed by atoms with van der Waals surface area (Å²) in [6, 6.07) is 13.9. The molecular weight excluding hydrogens is 438 g/mol. The zero-order valence-corrected chi connectivity index (χ0v) is 20.3. The summed E-state index contributed by atoms with van der Waals surface area (Å²) in [5, 5.41) is 10.3. The van der Waals surface area contributed by atoms with E-state index in [1.54, 1.807) is 12.1 Å². The van der Waals surface area contributed by atoms with Crippen molar-refractivity contribution in [1.82, 2.24) is 19.4 Å². The molecule has 2 aromatic carbocycles. The third kappa shape index (κ3) is 4.86. The van der Waals surface area contributed by atoms with E-state index in [1.807, 2.05) is 6.07 Å². The topological polar surface area (TPSA) is 97.3 Å². The van der Waals surface area contributed by atoms with Crippen LogP contribution in [-0.4, -0.2) is 43.6 Å². The zero-order valence-electron chi connectivity index (χ0n) is 20.3. The zero-order chi connectivity index (χ0) is 24.4. The summed E-state index contributed by atoms with van der Waals surface area (Å²) in [5.74, 6) is 0.347. The number of pyridine rings is 1. The normalized spacial score (nSPS) is 14.7. The van der Waals surface area contributed by atoms with Gasteiger partial charge in [-0.15, -0.1) is 0 Å². The summed E-state index contributed by atoms with van der Waals surface area (Å²) in [6.45, 7) is 6.24. The number of aryl methyl sites for hydroxylation is 1. The number of aromatic nitrogens is 3. The van der Waals surface area contributed by atoms with Crippen LogP contribution in [0.4, 0.5) is 5.82 Å². The summed E-state index contributed by atoms with van der Waals surface area (Å²) < 4.78 is 2.24. The van der Waals surface area contributed by atoms with Crippen LogP contribution in [0.1, 0.15) is 66.3 Å². The Morgan fingerprint density at radius 1 is 1.00 bits per heavy atom. The van der Waals surface area contributed by atoms with E-state index >= 15 is 0 Å². The number of hydrogen-bond acceptors (Lipinski definition) is 5. The standard InChI is InChI=1S/C28H33N5O2/c1-2-3-7-24-31-25-26(22-13-12-21(28(34)35)16-23(22)30-27(25)29)33(24)18-20-10-8-19(9-11-20)17-32-14-5-4-6-15-32/h8-13,16H,2-7,14-15,17-18H2,1H3,(H2,29,30)(H,34,35). The number of carboxylic acids is 1. The smallest absolute Gasteiger partial charge is 0.335 e. The molecule has 35 heavy (non-hydrogen) atoms. The van der Waals surface area contributed by atoms with Crippen LogP contribution in [0.3, 0.4) is 0 Å². The third-order valence-electron chi connectivity index (χ3n) is 7.00. The highest BCUT2D eigenvalue weighted by atomic mass is 16.4. The number of nitrogens with zero attached hydrogens (tertiary/aromatic N) is 4. The van der Waals surface area contributed by atoms with Gasteiger partial charge in [-0.1, -0.05) is 44.0 Å². The lowest BCUT2D eigenvalue weighted by Gasteiger charge is -2.26. The average molecular weight is 472 g/mol. The number of rotatable bonds is 8. The first kappa shape index (κ1) is 23.3. The number of carbonyl (C=O) groups is 1. The maximum Gasteiger partial charge on any atom is 0.335 e. The molecule has 2 aromatic heterocycles. The molecule has 3 N–H and O–H groups in total. The molecule has 0 amide bonds. The van der Waals surface area contributed by atoms with E-state index in [0.29, 0.717) is 23.4 Å². The largest absolute Gasteiger partial charge is 0.478 e. The second-order valence-electron chi connectivity index (χ2n) is 9.60. The number of imidazole rings is 1. The van der Waals surface area contributed by atoms with Gasteiger partial charge in [-0.25, -0.2) is 14.8 Å². The van der Waals surface area contributed by atoms with Gasteiger partial charge in [0, 0.05) is 24.9 Å². The van der Waals surface area contributed by atoms with Crippen molar-refractivity contribution in [2.75, 3.05) is 18.8 Å². The number of nitrogens with two attached hydrogens (primary N) is 1. The van der Waals surface area contributed by atoms with Crippen LogP contribution < -0.4 is 5.73 Å². The molecule has 1 fully saturated rings. The number of unbranched alkanes of at least 4 members (excludes halogenated alkanes) is 1. The van der Waals surface area contributed by atoms with Gasteiger partial charge in [-0.3, -0.25) is 4.90 Å². The van der Waals surface area contributed by atoms with Crippen LogP contribution >= 0.6 is 0 Å². The van der Waals surface area contributed by atoms with Crippen LogP contribution in [0.5, 0.6) is 0 Å². The number of anilines is 1. The second kappa shape index (κ2) is 10.0. The third-order valence-corrected chi connectivity index (χ3v) is 7.00. The highest BCUT2D eigenvalue weighted by Crippen LogP contribution is 2.31. The van der Waals surface area contributed by atoms with E-state index in [4.69, 9.17) is 10.7 Å². The van der Waals surface area contributed by atoms with Gasteiger partial charge in [0.1, 0.15) is 11.3 Å². The number of piperidine rings is 1. The predicted molar refractivity (Wildman–Crippen MR) is 140 cm³/mol. The van der Waals surface area contributed by atoms with Crippen molar-refractivity contribution in [3.05, 3.63) is 65.0 Å². The van der Waals surface area contributed by atoms with E-state index in [-0.39, 0.29) is 5.56 Å². The summed E-state index contributed by atoms with van der Waals surface area (Å²) >= 11 is 0. The van der Waals surface area contributed by atoms with Gasteiger partial charge >= 0.3 is 5.97 Å². The molecule has 3 heterocycles. The predicted octanol–water partition coefficient (Wildman–Crippen LogP) is 5.24. The highest BCUT2D eigenvalue weighted by molar-refractivity contribution is 6.08. The molecule has 0 atom stereocenters. The number of fused-ring (bicyclic) bond motifs is 3. The number of nitrogen functional groups attached to an aromatic ring is 1. The van der Waals surface area contributed by atoms with Gasteiger partial charge in [0.05, 0.1) is 16.6 Å². The lowest BCUT2D eigenvalue weighted by atomic mass is 10.1. The first-order valence-electron chi connectivity index (χ1n) is 12.7. The highest BCUT2D eigenvalue weighted by Gasteiger charge is 2.19. The fraction of sp³-hybridized carbons (Fsp3) is 0.393. The second-order valence-corrected chi connectivity index (χ2v) is 9.60. The molecule has 7 nitrogen and oxygen atoms in total. The first-order valence-corrected chi connectivity index (χ1v) is 12.7. The first-order chi connectivity index (χ1) is 17.0. The Balaban J connectivity index is 1.53. The SMILES string of the molecule is CCCCc1nc2c(N)nc3cc(C(=O)O)ccc3c2n1Cc1ccc(CN2CCCCC2)cc1. The Hall–Kier alpha value is -3.45. The minimum Gasteiger partial charge on any atom is -0.478 e. The van der Waals surface area contributed by atoms with E-state index in [9.17, 15) is 9.90 Å². The molecule has 0 radical (unpaired) electrons. The molecule has 1 saturated heterocycles. The lowest BCUT2D eigenvalue weighted by molar-refractivity contribution is 0.0697.